The number of nitrogens with one attached hydrogen (secondary N) is 3. The molecule has 1 aliphatic rings. The molecule has 0 radical (unpaired) electrons. The van der Waals surface area contributed by atoms with Crippen LogP contribution < -0.4 is 16.0 Å². The molecule has 1 aliphatic heterocycles. The molecule has 232 valence electrons. The van der Waals surface area contributed by atoms with Crippen LogP contribution in [-0.4, -0.2) is 95.6 Å². The summed E-state index contributed by atoms with van der Waals surface area (Å²) in [6.07, 6.45) is -6.40. The van der Waals surface area contributed by atoms with Gasteiger partial charge < -0.3 is 45.5 Å². The summed E-state index contributed by atoms with van der Waals surface area (Å²) < 4.78 is 15.7. The first-order chi connectivity index (χ1) is 20.0. The summed E-state index contributed by atoms with van der Waals surface area (Å²) in [4.78, 5) is 51.7. The zero-order chi connectivity index (χ0) is 31.1. The molecule has 6 atom stereocenters. The van der Waals surface area contributed by atoms with Crippen LogP contribution in [0.5, 0.6) is 0 Å². The molecule has 3 amide bonds. The Kier molecular flexibility index (Phi) is 14.0. The second-order valence-corrected chi connectivity index (χ2v) is 9.72. The van der Waals surface area contributed by atoms with E-state index in [0.717, 1.165) is 19.6 Å². The first-order valence-electron chi connectivity index (χ1n) is 13.4. The number of rotatable bonds is 15. The fraction of sp³-hybridized carbons (Fsp3) is 0.615. The SMILES string of the molecule is COC(=O)C1(NC(=O)CCCCCNC(=O)OCc2ccccc2)CC(O)C(NC(C)=O)C([C@@H](O)[C@H](O)CN=[N+]=[N-])O1. The lowest BCUT2D eigenvalue weighted by molar-refractivity contribution is -0.237. The first-order valence-corrected chi connectivity index (χ1v) is 13.4. The molecule has 6 N–H and O–H groups in total. The van der Waals surface area contributed by atoms with E-state index in [2.05, 4.69) is 26.0 Å². The zero-order valence-corrected chi connectivity index (χ0v) is 23.5. The molecule has 1 saturated heterocycles. The predicted molar refractivity (Wildman–Crippen MR) is 145 cm³/mol. The Morgan fingerprint density at radius 2 is 1.90 bits per heavy atom. The topological polar surface area (TPSA) is 242 Å². The summed E-state index contributed by atoms with van der Waals surface area (Å²) in [5.74, 6) is -2.32. The summed E-state index contributed by atoms with van der Waals surface area (Å²) in [7, 11) is 1.03. The number of carbonyl (C=O) groups excluding carboxylic acids is 4. The maximum Gasteiger partial charge on any atom is 0.407 e. The van der Waals surface area contributed by atoms with Crippen LogP contribution in [0, 0.1) is 0 Å². The second kappa shape index (κ2) is 17.1. The summed E-state index contributed by atoms with van der Waals surface area (Å²) in [5, 5.41) is 42.5. The van der Waals surface area contributed by atoms with Crippen molar-refractivity contribution in [3.8, 4) is 0 Å². The lowest BCUT2D eigenvalue weighted by atomic mass is 9.87. The van der Waals surface area contributed by atoms with Gasteiger partial charge in [-0.2, -0.15) is 0 Å². The second-order valence-electron chi connectivity index (χ2n) is 9.72. The molecule has 0 saturated carbocycles. The van der Waals surface area contributed by atoms with Crippen molar-refractivity contribution in [1.82, 2.24) is 16.0 Å². The Bertz CT molecular complexity index is 1100. The van der Waals surface area contributed by atoms with Crippen LogP contribution in [0.15, 0.2) is 35.4 Å². The third-order valence-corrected chi connectivity index (χ3v) is 6.45. The lowest BCUT2D eigenvalue weighted by Gasteiger charge is -2.47. The Labute approximate surface area is 242 Å². The highest BCUT2D eigenvalue weighted by Gasteiger charge is 2.55. The third-order valence-electron chi connectivity index (χ3n) is 6.45. The van der Waals surface area contributed by atoms with Gasteiger partial charge in [-0.15, -0.1) is 0 Å². The zero-order valence-electron chi connectivity index (χ0n) is 23.5. The molecule has 1 fully saturated rings. The number of alkyl carbamates (subject to hydrolysis) is 1. The van der Waals surface area contributed by atoms with Crippen molar-refractivity contribution in [2.45, 2.75) is 81.8 Å². The molecule has 4 unspecified atom stereocenters. The molecule has 0 aliphatic carbocycles. The maximum atomic E-state index is 12.8. The van der Waals surface area contributed by atoms with Crippen LogP contribution in [0.3, 0.4) is 0 Å². The van der Waals surface area contributed by atoms with E-state index in [1.54, 1.807) is 0 Å². The number of ether oxygens (including phenoxy) is 3. The minimum atomic E-state index is -2.26. The van der Waals surface area contributed by atoms with Gasteiger partial charge in [0.2, 0.25) is 17.5 Å². The molecule has 1 aromatic carbocycles. The smallest absolute Gasteiger partial charge is 0.407 e. The van der Waals surface area contributed by atoms with Gasteiger partial charge in [-0.05, 0) is 23.9 Å². The molecular weight excluding hydrogens is 556 g/mol. The van der Waals surface area contributed by atoms with Gasteiger partial charge in [-0.1, -0.05) is 41.9 Å². The quantitative estimate of drug-likeness (QED) is 0.0527. The summed E-state index contributed by atoms with van der Waals surface area (Å²) >= 11 is 0. The van der Waals surface area contributed by atoms with E-state index < -0.39 is 73.0 Å². The van der Waals surface area contributed by atoms with Crippen molar-refractivity contribution in [2.75, 3.05) is 20.2 Å². The van der Waals surface area contributed by atoms with Gasteiger partial charge >= 0.3 is 12.1 Å². The monoisotopic (exact) mass is 594 g/mol. The number of methoxy groups -OCH3 is 1. The average molecular weight is 595 g/mol. The molecule has 16 heteroatoms. The molecular formula is C26H38N6O10. The number of aliphatic hydroxyl groups is 3. The van der Waals surface area contributed by atoms with E-state index in [0.29, 0.717) is 25.8 Å². The Balaban J connectivity index is 1.94. The molecule has 1 aromatic rings. The van der Waals surface area contributed by atoms with Crippen molar-refractivity contribution in [1.29, 1.82) is 0 Å². The van der Waals surface area contributed by atoms with Crippen molar-refractivity contribution in [3.63, 3.8) is 0 Å². The molecule has 0 bridgehead atoms. The summed E-state index contributed by atoms with van der Waals surface area (Å²) in [6.45, 7) is 1.04. The number of hydrogen-bond acceptors (Lipinski definition) is 11. The molecule has 16 nitrogen and oxygen atoms in total. The summed E-state index contributed by atoms with van der Waals surface area (Å²) in [6, 6.07) is 7.91. The van der Waals surface area contributed by atoms with Crippen LogP contribution in [0.4, 0.5) is 4.79 Å². The molecule has 0 aromatic heterocycles. The van der Waals surface area contributed by atoms with Crippen molar-refractivity contribution < 1.29 is 48.7 Å². The molecule has 2 rings (SSSR count). The maximum absolute atomic E-state index is 12.8. The average Bonchev–Trinajstić information content (AvgIpc) is 2.97. The number of amides is 3. The highest BCUT2D eigenvalue weighted by atomic mass is 16.6. The minimum Gasteiger partial charge on any atom is -0.465 e. The Morgan fingerprint density at radius 1 is 1.19 bits per heavy atom. The fourth-order valence-electron chi connectivity index (χ4n) is 4.40. The van der Waals surface area contributed by atoms with Gasteiger partial charge in [0.1, 0.15) is 18.8 Å². The highest BCUT2D eigenvalue weighted by Crippen LogP contribution is 2.32. The van der Waals surface area contributed by atoms with Gasteiger partial charge in [0, 0.05) is 31.2 Å². The van der Waals surface area contributed by atoms with Crippen LogP contribution in [-0.2, 0) is 35.2 Å². The minimum absolute atomic E-state index is 0.0570. The third kappa shape index (κ3) is 10.5. The van der Waals surface area contributed by atoms with Crippen LogP contribution in [0.1, 0.15) is 44.6 Å². The number of esters is 1. The number of nitrogens with zero attached hydrogens (tertiary/aromatic N) is 3. The molecule has 42 heavy (non-hydrogen) atoms. The number of aliphatic hydroxyl groups excluding tert-OH is 3. The van der Waals surface area contributed by atoms with Crippen LogP contribution >= 0.6 is 0 Å². The van der Waals surface area contributed by atoms with E-state index in [-0.39, 0.29) is 13.0 Å². The molecule has 0 spiro atoms. The first kappa shape index (κ1) is 34.3. The van der Waals surface area contributed by atoms with Crippen LogP contribution in [0.25, 0.3) is 10.4 Å². The molecule has 1 heterocycles. The van der Waals surface area contributed by atoms with Crippen molar-refractivity contribution in [2.24, 2.45) is 5.11 Å². The fourth-order valence-corrected chi connectivity index (χ4v) is 4.40. The highest BCUT2D eigenvalue weighted by molar-refractivity contribution is 5.87. The van der Waals surface area contributed by atoms with Gasteiger partial charge in [0.25, 0.3) is 0 Å². The number of unbranched alkanes of at least 4 members (excludes halogenated alkanes) is 2. The van der Waals surface area contributed by atoms with Crippen molar-refractivity contribution >= 4 is 23.9 Å². The lowest BCUT2D eigenvalue weighted by Crippen LogP contribution is -2.71. The van der Waals surface area contributed by atoms with E-state index in [4.69, 9.17) is 19.7 Å². The standard InChI is InChI=1S/C26H38N6O10/c1-16(33)30-21-18(34)13-26(24(38)40-2,42-23(21)22(37)19(35)14-29-32-27)31-20(36)11-7-4-8-12-28-25(39)41-15-17-9-5-3-6-10-17/h3,5-6,9-10,18-19,21-23,34-35,37H,4,7-8,11-15H2,1-2H3,(H,28,39)(H,30,33)(H,31,36)/t18?,19-,21?,22+,23?,26?/m1/s1. The largest absolute Gasteiger partial charge is 0.465 e. The van der Waals surface area contributed by atoms with E-state index >= 15 is 0 Å². The Morgan fingerprint density at radius 3 is 2.55 bits per heavy atom. The van der Waals surface area contributed by atoms with Crippen LogP contribution in [0.2, 0.25) is 0 Å². The Hall–Kier alpha value is -3.95. The normalized spacial score (nSPS) is 22.9. The predicted octanol–water partition coefficient (Wildman–Crippen LogP) is 0.145. The van der Waals surface area contributed by atoms with Crippen molar-refractivity contribution in [3.05, 3.63) is 46.3 Å². The van der Waals surface area contributed by atoms with E-state index in [9.17, 15) is 34.5 Å². The van der Waals surface area contributed by atoms with Gasteiger partial charge in [-0.3, -0.25) is 9.59 Å². The number of benzene rings is 1. The number of hydrogen-bond donors (Lipinski definition) is 6. The van der Waals surface area contributed by atoms with E-state index in [1.165, 1.54) is 0 Å². The van der Waals surface area contributed by atoms with Gasteiger partial charge in [-0.25, -0.2) is 9.59 Å². The summed E-state index contributed by atoms with van der Waals surface area (Å²) in [5.41, 5.74) is 7.12. The number of azide groups is 1. The van der Waals surface area contributed by atoms with Gasteiger partial charge in [0.05, 0.1) is 31.9 Å². The number of carbonyl (C=O) groups is 4. The van der Waals surface area contributed by atoms with Gasteiger partial charge in [0.15, 0.2) is 0 Å². The van der Waals surface area contributed by atoms with E-state index in [1.807, 2.05) is 30.3 Å².